The van der Waals surface area contributed by atoms with E-state index in [1.165, 1.54) is 71.3 Å². The summed E-state index contributed by atoms with van der Waals surface area (Å²) in [5.74, 6) is 1.76. The topological polar surface area (TPSA) is 35.2 Å². The Bertz CT molecular complexity index is 2820. The van der Waals surface area contributed by atoms with Gasteiger partial charge in [0.05, 0.1) is 5.41 Å². The molecule has 0 saturated heterocycles. The Hall–Kier alpha value is -6.64. The highest BCUT2D eigenvalue weighted by Gasteiger charge is 2.51. The normalized spacial score (nSPS) is 13.5. The fourth-order valence-corrected chi connectivity index (χ4v) is 9.23. The average molecular weight is 650 g/mol. The van der Waals surface area contributed by atoms with Crippen LogP contribution in [0.2, 0.25) is 0 Å². The lowest BCUT2D eigenvalue weighted by Crippen LogP contribution is -2.32. The molecule has 0 amide bonds. The molecule has 0 aromatic heterocycles. The maximum absolute atomic E-state index is 6.98. The Balaban J connectivity index is 1.22. The van der Waals surface area contributed by atoms with Gasteiger partial charge in [0.2, 0.25) is 0 Å². The molecule has 238 valence electrons. The van der Waals surface area contributed by atoms with Crippen molar-refractivity contribution in [2.45, 2.75) is 5.41 Å². The molecule has 51 heavy (non-hydrogen) atoms. The fourth-order valence-electron chi connectivity index (χ4n) is 9.23. The van der Waals surface area contributed by atoms with Gasteiger partial charge in [0.25, 0.3) is 0 Å². The number of rotatable bonds is 2. The molecular formula is C49H31NO. The highest BCUT2D eigenvalue weighted by atomic mass is 16.5. The van der Waals surface area contributed by atoms with Crippen LogP contribution in [0.25, 0.3) is 65.7 Å². The summed E-state index contributed by atoms with van der Waals surface area (Å²) < 4.78 is 6.55. The fraction of sp³-hybridized carbons (Fsp3) is 0.0204. The molecule has 9 aromatic rings. The second kappa shape index (κ2) is 10.4. The summed E-state index contributed by atoms with van der Waals surface area (Å²) in [7, 11) is 0. The molecule has 0 fully saturated rings. The van der Waals surface area contributed by atoms with Gasteiger partial charge >= 0.3 is 0 Å². The standard InChI is InChI=1S/C49H31NO/c50-43-21-11-20-42-48(43)38-29-33(26-27-39(38)49(42)40-18-7-9-22-44(40)51-45-23-10-8-19-41(45)49)47-36-16-5-3-14-34(36)46(35-15-4-6-17-37(35)47)32-25-24-30-12-1-2-13-31(30)28-32/h1-29H,50H2. The van der Waals surface area contributed by atoms with E-state index in [2.05, 4.69) is 170 Å². The molecule has 1 heterocycles. The molecule has 11 rings (SSSR count). The Morgan fingerprint density at radius 2 is 0.882 bits per heavy atom. The zero-order valence-electron chi connectivity index (χ0n) is 27.7. The van der Waals surface area contributed by atoms with Crippen LogP contribution in [0.15, 0.2) is 176 Å². The van der Waals surface area contributed by atoms with Crippen LogP contribution in [-0.4, -0.2) is 0 Å². The van der Waals surface area contributed by atoms with E-state index in [0.29, 0.717) is 0 Å². The summed E-state index contributed by atoms with van der Waals surface area (Å²) in [5, 5.41) is 7.44. The smallest absolute Gasteiger partial charge is 0.132 e. The number of anilines is 1. The first kappa shape index (κ1) is 28.2. The van der Waals surface area contributed by atoms with Crippen molar-refractivity contribution >= 4 is 38.0 Å². The Morgan fingerprint density at radius 3 is 1.53 bits per heavy atom. The van der Waals surface area contributed by atoms with Crippen LogP contribution in [0.3, 0.4) is 0 Å². The number of hydrogen-bond acceptors (Lipinski definition) is 2. The van der Waals surface area contributed by atoms with Gasteiger partial charge in [-0.3, -0.25) is 0 Å². The summed E-state index contributed by atoms with van der Waals surface area (Å²) in [6, 6.07) is 63.6. The van der Waals surface area contributed by atoms with E-state index in [1.54, 1.807) is 0 Å². The number of fused-ring (bicyclic) bond motifs is 12. The van der Waals surface area contributed by atoms with Gasteiger partial charge in [-0.05, 0) is 102 Å². The van der Waals surface area contributed by atoms with Crippen LogP contribution in [-0.2, 0) is 5.41 Å². The zero-order valence-corrected chi connectivity index (χ0v) is 27.7. The minimum atomic E-state index is -0.561. The van der Waals surface area contributed by atoms with Crippen LogP contribution in [0.1, 0.15) is 22.3 Å². The van der Waals surface area contributed by atoms with Gasteiger partial charge in [-0.2, -0.15) is 0 Å². The summed E-state index contributed by atoms with van der Waals surface area (Å²) in [5.41, 5.74) is 19.1. The van der Waals surface area contributed by atoms with Crippen molar-refractivity contribution in [3.8, 4) is 44.9 Å². The monoisotopic (exact) mass is 649 g/mol. The van der Waals surface area contributed by atoms with Crippen molar-refractivity contribution in [3.63, 3.8) is 0 Å². The van der Waals surface area contributed by atoms with Crippen LogP contribution in [0.4, 0.5) is 5.69 Å². The molecule has 1 aliphatic carbocycles. The lowest BCUT2D eigenvalue weighted by Gasteiger charge is -2.39. The van der Waals surface area contributed by atoms with E-state index in [1.807, 2.05) is 6.07 Å². The molecule has 2 aliphatic rings. The summed E-state index contributed by atoms with van der Waals surface area (Å²) in [4.78, 5) is 0. The SMILES string of the molecule is Nc1cccc2c1-c1cc(-c3c4ccccc4c(-c4ccc5ccccc5c4)c4ccccc34)ccc1C21c2ccccc2Oc2ccccc21. The highest BCUT2D eigenvalue weighted by molar-refractivity contribution is 6.22. The predicted molar refractivity (Wildman–Crippen MR) is 212 cm³/mol. The van der Waals surface area contributed by atoms with Crippen molar-refractivity contribution in [2.75, 3.05) is 5.73 Å². The van der Waals surface area contributed by atoms with Crippen LogP contribution >= 0.6 is 0 Å². The molecule has 2 N–H and O–H groups in total. The lowest BCUT2D eigenvalue weighted by molar-refractivity contribution is 0.436. The molecular weight excluding hydrogens is 619 g/mol. The van der Waals surface area contributed by atoms with Crippen molar-refractivity contribution in [3.05, 3.63) is 198 Å². The van der Waals surface area contributed by atoms with Crippen molar-refractivity contribution in [1.82, 2.24) is 0 Å². The van der Waals surface area contributed by atoms with E-state index in [4.69, 9.17) is 10.5 Å². The van der Waals surface area contributed by atoms with Gasteiger partial charge in [-0.1, -0.05) is 146 Å². The van der Waals surface area contributed by atoms with E-state index in [0.717, 1.165) is 33.9 Å². The lowest BCUT2D eigenvalue weighted by atomic mass is 9.66. The number of nitrogen functional groups attached to an aromatic ring is 1. The van der Waals surface area contributed by atoms with Crippen molar-refractivity contribution in [2.24, 2.45) is 0 Å². The van der Waals surface area contributed by atoms with Crippen LogP contribution in [0.5, 0.6) is 11.5 Å². The predicted octanol–water partition coefficient (Wildman–Crippen LogP) is 12.5. The largest absolute Gasteiger partial charge is 0.457 e. The minimum absolute atomic E-state index is 0.561. The molecule has 2 nitrogen and oxygen atoms in total. The molecule has 9 aromatic carbocycles. The van der Waals surface area contributed by atoms with Gasteiger partial charge in [0, 0.05) is 22.4 Å². The number of hydrogen-bond donors (Lipinski definition) is 1. The molecule has 1 spiro atoms. The van der Waals surface area contributed by atoms with Gasteiger partial charge in [0.15, 0.2) is 0 Å². The number of para-hydroxylation sites is 2. The highest BCUT2D eigenvalue weighted by Crippen LogP contribution is 2.63. The Morgan fingerprint density at radius 1 is 0.373 bits per heavy atom. The molecule has 0 bridgehead atoms. The van der Waals surface area contributed by atoms with Crippen molar-refractivity contribution < 1.29 is 4.74 Å². The molecule has 1 aliphatic heterocycles. The molecule has 0 saturated carbocycles. The minimum Gasteiger partial charge on any atom is -0.457 e. The molecule has 0 unspecified atom stereocenters. The molecule has 0 atom stereocenters. The van der Waals surface area contributed by atoms with Gasteiger partial charge in [0.1, 0.15) is 11.5 Å². The third kappa shape index (κ3) is 3.76. The van der Waals surface area contributed by atoms with E-state index in [9.17, 15) is 0 Å². The Labute approximate surface area is 296 Å². The Kier molecular flexibility index (Phi) is 5.77. The van der Waals surface area contributed by atoms with Crippen LogP contribution < -0.4 is 10.5 Å². The zero-order chi connectivity index (χ0) is 33.7. The first-order valence-electron chi connectivity index (χ1n) is 17.6. The molecule has 0 radical (unpaired) electrons. The third-order valence-electron chi connectivity index (χ3n) is 11.3. The third-order valence-corrected chi connectivity index (χ3v) is 11.3. The second-order valence-corrected chi connectivity index (χ2v) is 13.8. The number of ether oxygens (including phenoxy) is 1. The van der Waals surface area contributed by atoms with Gasteiger partial charge in [-0.25, -0.2) is 0 Å². The van der Waals surface area contributed by atoms with Crippen molar-refractivity contribution in [1.29, 1.82) is 0 Å². The first-order valence-corrected chi connectivity index (χ1v) is 17.6. The number of benzene rings is 9. The summed E-state index contributed by atoms with van der Waals surface area (Å²) in [6.45, 7) is 0. The maximum atomic E-state index is 6.98. The van der Waals surface area contributed by atoms with Crippen LogP contribution in [0, 0.1) is 0 Å². The van der Waals surface area contributed by atoms with Gasteiger partial charge in [-0.15, -0.1) is 0 Å². The van der Waals surface area contributed by atoms with E-state index >= 15 is 0 Å². The molecule has 2 heteroatoms. The summed E-state index contributed by atoms with van der Waals surface area (Å²) >= 11 is 0. The summed E-state index contributed by atoms with van der Waals surface area (Å²) in [6.07, 6.45) is 0. The van der Waals surface area contributed by atoms with E-state index < -0.39 is 5.41 Å². The quantitative estimate of drug-likeness (QED) is 0.149. The average Bonchev–Trinajstić information content (AvgIpc) is 3.47. The second-order valence-electron chi connectivity index (χ2n) is 13.8. The maximum Gasteiger partial charge on any atom is 0.132 e. The van der Waals surface area contributed by atoms with E-state index in [-0.39, 0.29) is 0 Å². The number of nitrogens with two attached hydrogens (primary N) is 1. The van der Waals surface area contributed by atoms with Gasteiger partial charge < -0.3 is 10.5 Å². The first-order chi connectivity index (χ1) is 25.2.